The Kier molecular flexibility index (Phi) is 5.29. The number of rotatable bonds is 0. The number of likely N-dealkylation sites (tertiary alicyclic amines) is 1. The predicted molar refractivity (Wildman–Crippen MR) is 76.4 cm³/mol. The van der Waals surface area contributed by atoms with Gasteiger partial charge in [-0.2, -0.15) is 4.99 Å². The first-order chi connectivity index (χ1) is 8.15. The number of nitrogens with one attached hydrogen (secondary N) is 1. The second-order valence-electron chi connectivity index (χ2n) is 4.95. The molecule has 3 unspecified atom stereocenters. The minimum Gasteiger partial charge on any atom is -0.340 e. The summed E-state index contributed by atoms with van der Waals surface area (Å²) in [5.41, 5.74) is 0.218. The van der Waals surface area contributed by atoms with E-state index in [1.807, 2.05) is 4.90 Å². The highest BCUT2D eigenvalue weighted by Gasteiger charge is 2.39. The molecule has 19 heavy (non-hydrogen) atoms. The van der Waals surface area contributed by atoms with Gasteiger partial charge in [0, 0.05) is 26.2 Å². The molecule has 0 aromatic carbocycles. The van der Waals surface area contributed by atoms with Gasteiger partial charge in [0.1, 0.15) is 0 Å². The average molecular weight is 311 g/mol. The lowest BCUT2D eigenvalue weighted by atomic mass is 10.0. The first-order valence-electron chi connectivity index (χ1n) is 5.92. The molecule has 108 valence electrons. The smallest absolute Gasteiger partial charge is 0.289 e. The standard InChI is InChI=1S/C11H15FN4O.2ClH/c1-6-9(12)10(17)15-11(14-6)16-4-7-2-13-3-8(7)5-16;;/h7-9,13H,2-5H2,1H3;2*1H. The maximum atomic E-state index is 13.2. The molecule has 0 spiro atoms. The molecule has 3 aliphatic heterocycles. The van der Waals surface area contributed by atoms with Crippen molar-refractivity contribution >= 4 is 42.4 Å². The molecule has 0 aromatic rings. The highest BCUT2D eigenvalue weighted by atomic mass is 35.5. The summed E-state index contributed by atoms with van der Waals surface area (Å²) < 4.78 is 13.2. The fourth-order valence-corrected chi connectivity index (χ4v) is 2.73. The predicted octanol–water partition coefficient (Wildman–Crippen LogP) is 0.676. The van der Waals surface area contributed by atoms with Gasteiger partial charge in [-0.1, -0.05) is 0 Å². The van der Waals surface area contributed by atoms with Gasteiger partial charge in [-0.25, -0.2) is 9.38 Å². The Hall–Kier alpha value is -0.720. The molecular formula is C11H17Cl2FN4O. The number of amides is 1. The van der Waals surface area contributed by atoms with Crippen molar-refractivity contribution in [2.45, 2.75) is 13.1 Å². The Morgan fingerprint density at radius 3 is 2.32 bits per heavy atom. The summed E-state index contributed by atoms with van der Waals surface area (Å²) in [4.78, 5) is 21.2. The first-order valence-corrected chi connectivity index (χ1v) is 5.92. The normalized spacial score (nSPS) is 33.1. The average Bonchev–Trinajstić information content (AvgIpc) is 2.84. The molecule has 8 heteroatoms. The summed E-state index contributed by atoms with van der Waals surface area (Å²) in [5.74, 6) is 0.885. The molecule has 3 rings (SSSR count). The van der Waals surface area contributed by atoms with Gasteiger partial charge in [0.25, 0.3) is 5.91 Å². The second kappa shape index (κ2) is 6.15. The number of aliphatic imine (C=N–C) groups is 2. The maximum Gasteiger partial charge on any atom is 0.289 e. The van der Waals surface area contributed by atoms with Gasteiger partial charge < -0.3 is 10.2 Å². The lowest BCUT2D eigenvalue weighted by Gasteiger charge is -2.21. The Bertz CT molecular complexity index is 417. The van der Waals surface area contributed by atoms with Crippen LogP contribution in [0.4, 0.5) is 4.39 Å². The fraction of sp³-hybridized carbons (Fsp3) is 0.727. The summed E-state index contributed by atoms with van der Waals surface area (Å²) in [7, 11) is 0. The number of nitrogens with zero attached hydrogens (tertiary/aromatic N) is 3. The van der Waals surface area contributed by atoms with Crippen LogP contribution in [-0.4, -0.2) is 54.8 Å². The molecule has 3 atom stereocenters. The monoisotopic (exact) mass is 310 g/mol. The van der Waals surface area contributed by atoms with Gasteiger partial charge in [-0.05, 0) is 18.8 Å². The van der Waals surface area contributed by atoms with Crippen molar-refractivity contribution in [3.8, 4) is 0 Å². The number of hydrogen-bond donors (Lipinski definition) is 1. The van der Waals surface area contributed by atoms with Crippen LogP contribution in [-0.2, 0) is 4.79 Å². The molecule has 0 saturated carbocycles. The van der Waals surface area contributed by atoms with Gasteiger partial charge in [0.05, 0.1) is 5.71 Å². The molecule has 5 nitrogen and oxygen atoms in total. The summed E-state index contributed by atoms with van der Waals surface area (Å²) in [6.45, 7) is 5.28. The number of halogens is 3. The zero-order chi connectivity index (χ0) is 12.0. The van der Waals surface area contributed by atoms with Gasteiger partial charge in [-0.3, -0.25) is 4.79 Å². The lowest BCUT2D eigenvalue weighted by molar-refractivity contribution is -0.120. The van der Waals surface area contributed by atoms with Crippen molar-refractivity contribution in [3.63, 3.8) is 0 Å². The number of carbonyl (C=O) groups is 1. The quantitative estimate of drug-likeness (QED) is 0.716. The van der Waals surface area contributed by atoms with Crippen LogP contribution in [0, 0.1) is 11.8 Å². The number of carbonyl (C=O) groups excluding carboxylic acids is 1. The van der Waals surface area contributed by atoms with Gasteiger partial charge in [0.2, 0.25) is 12.1 Å². The van der Waals surface area contributed by atoms with E-state index in [1.54, 1.807) is 0 Å². The van der Waals surface area contributed by atoms with Crippen LogP contribution in [0.15, 0.2) is 9.98 Å². The Morgan fingerprint density at radius 2 is 1.79 bits per heavy atom. The third-order valence-electron chi connectivity index (χ3n) is 3.74. The van der Waals surface area contributed by atoms with E-state index in [2.05, 4.69) is 15.3 Å². The van der Waals surface area contributed by atoms with Crippen molar-refractivity contribution in [3.05, 3.63) is 0 Å². The fourth-order valence-electron chi connectivity index (χ4n) is 2.73. The minimum absolute atomic E-state index is 0. The van der Waals surface area contributed by atoms with Gasteiger partial charge >= 0.3 is 0 Å². The van der Waals surface area contributed by atoms with Crippen LogP contribution in [0.1, 0.15) is 6.92 Å². The van der Waals surface area contributed by atoms with Crippen LogP contribution in [0.3, 0.4) is 0 Å². The highest BCUT2D eigenvalue weighted by molar-refractivity contribution is 6.16. The molecule has 0 aromatic heterocycles. The number of fused-ring (bicyclic) bond motifs is 1. The topological polar surface area (TPSA) is 57.1 Å². The third-order valence-corrected chi connectivity index (χ3v) is 3.74. The second-order valence-corrected chi connectivity index (χ2v) is 4.95. The van der Waals surface area contributed by atoms with Crippen LogP contribution in [0.5, 0.6) is 0 Å². The van der Waals surface area contributed by atoms with E-state index in [0.717, 1.165) is 26.2 Å². The van der Waals surface area contributed by atoms with Crippen LogP contribution in [0.25, 0.3) is 0 Å². The number of guanidine groups is 1. The van der Waals surface area contributed by atoms with Crippen LogP contribution >= 0.6 is 24.8 Å². The third kappa shape index (κ3) is 2.90. The van der Waals surface area contributed by atoms with E-state index in [1.165, 1.54) is 6.92 Å². The van der Waals surface area contributed by atoms with Crippen LogP contribution < -0.4 is 5.32 Å². The molecule has 3 aliphatic rings. The zero-order valence-corrected chi connectivity index (χ0v) is 12.1. The minimum atomic E-state index is -1.65. The van der Waals surface area contributed by atoms with E-state index >= 15 is 0 Å². The van der Waals surface area contributed by atoms with Crippen molar-refractivity contribution < 1.29 is 9.18 Å². The number of alkyl halides is 1. The van der Waals surface area contributed by atoms with Crippen molar-refractivity contribution in [1.82, 2.24) is 10.2 Å². The summed E-state index contributed by atoms with van der Waals surface area (Å²) in [6, 6.07) is 0. The molecule has 0 bridgehead atoms. The van der Waals surface area contributed by atoms with E-state index in [9.17, 15) is 9.18 Å². The van der Waals surface area contributed by atoms with Crippen molar-refractivity contribution in [2.24, 2.45) is 21.8 Å². The molecule has 0 radical (unpaired) electrons. The molecular weight excluding hydrogens is 294 g/mol. The Balaban J connectivity index is 0.000000902. The molecule has 1 amide bonds. The molecule has 2 fully saturated rings. The van der Waals surface area contributed by atoms with Crippen molar-refractivity contribution in [2.75, 3.05) is 26.2 Å². The largest absolute Gasteiger partial charge is 0.340 e. The molecule has 2 saturated heterocycles. The van der Waals surface area contributed by atoms with Crippen LogP contribution in [0.2, 0.25) is 0 Å². The first kappa shape index (κ1) is 16.3. The summed E-state index contributed by atoms with van der Waals surface area (Å²) in [5, 5.41) is 3.34. The molecule has 3 heterocycles. The number of hydrogen-bond acceptors (Lipinski definition) is 4. The van der Waals surface area contributed by atoms with Gasteiger partial charge in [-0.15, -0.1) is 24.8 Å². The Labute approximate surface area is 123 Å². The SMILES string of the molecule is CC1=NC(N2CC3CNCC3C2)=NC(=O)C1F.Cl.Cl. The Morgan fingerprint density at radius 1 is 1.21 bits per heavy atom. The maximum absolute atomic E-state index is 13.2. The zero-order valence-electron chi connectivity index (χ0n) is 10.5. The molecule has 1 N–H and O–H groups in total. The van der Waals surface area contributed by atoms with E-state index in [0.29, 0.717) is 17.8 Å². The summed E-state index contributed by atoms with van der Waals surface area (Å²) >= 11 is 0. The molecule has 0 aliphatic carbocycles. The lowest BCUT2D eigenvalue weighted by Crippen LogP contribution is -2.37. The van der Waals surface area contributed by atoms with Crippen molar-refractivity contribution in [1.29, 1.82) is 0 Å². The van der Waals surface area contributed by atoms with E-state index in [-0.39, 0.29) is 30.5 Å². The van der Waals surface area contributed by atoms with E-state index in [4.69, 9.17) is 0 Å². The summed E-state index contributed by atoms with van der Waals surface area (Å²) in [6.07, 6.45) is -1.65. The van der Waals surface area contributed by atoms with E-state index < -0.39 is 12.1 Å². The highest BCUT2D eigenvalue weighted by Crippen LogP contribution is 2.27. The van der Waals surface area contributed by atoms with Gasteiger partial charge in [0.15, 0.2) is 0 Å².